The van der Waals surface area contributed by atoms with Gasteiger partial charge in [-0.25, -0.2) is 20.1 Å². The summed E-state index contributed by atoms with van der Waals surface area (Å²) in [5.74, 6) is 0.0896. The second kappa shape index (κ2) is 8.96. The molecule has 1 unspecified atom stereocenters. The molecule has 3 aromatic rings. The first-order valence-electron chi connectivity index (χ1n) is 8.93. The molecule has 2 heterocycles. The molecule has 0 fully saturated rings. The van der Waals surface area contributed by atoms with Gasteiger partial charge in [-0.05, 0) is 42.8 Å². The summed E-state index contributed by atoms with van der Waals surface area (Å²) >= 11 is 0. The minimum absolute atomic E-state index is 0.0261. The first-order chi connectivity index (χ1) is 14.9. The summed E-state index contributed by atoms with van der Waals surface area (Å²) in [5, 5.41) is 13.7. The van der Waals surface area contributed by atoms with Gasteiger partial charge >= 0.3 is 12.4 Å². The number of hydrazine groups is 1. The SMILES string of the molecule is Cc1ccc(NNC(O)/C=C\n2cnc(-c3cc(C(F)(F)F)cc(C(F)(F)F)c3)n2)nc1. The third kappa shape index (κ3) is 6.04. The molecule has 0 aliphatic carbocycles. The van der Waals surface area contributed by atoms with Crippen LogP contribution >= 0.6 is 0 Å². The summed E-state index contributed by atoms with van der Waals surface area (Å²) in [6.45, 7) is 1.86. The Hall–Kier alpha value is -3.45. The van der Waals surface area contributed by atoms with E-state index in [2.05, 4.69) is 25.9 Å². The number of hydrogen-bond acceptors (Lipinski definition) is 6. The van der Waals surface area contributed by atoms with Gasteiger partial charge in [0.25, 0.3) is 0 Å². The van der Waals surface area contributed by atoms with Crippen molar-refractivity contribution in [1.82, 2.24) is 25.2 Å². The molecule has 170 valence electrons. The molecule has 1 aromatic carbocycles. The van der Waals surface area contributed by atoms with Crippen LogP contribution in [0.1, 0.15) is 16.7 Å². The maximum absolute atomic E-state index is 13.0. The number of halogens is 6. The van der Waals surface area contributed by atoms with E-state index in [1.54, 1.807) is 18.3 Å². The quantitative estimate of drug-likeness (QED) is 0.293. The van der Waals surface area contributed by atoms with Crippen molar-refractivity contribution in [3.05, 3.63) is 65.6 Å². The average Bonchev–Trinajstić information content (AvgIpc) is 3.19. The maximum Gasteiger partial charge on any atom is 0.416 e. The lowest BCUT2D eigenvalue weighted by Crippen LogP contribution is -2.32. The summed E-state index contributed by atoms with van der Waals surface area (Å²) in [6.07, 6.45) is -6.07. The van der Waals surface area contributed by atoms with Crippen LogP contribution in [0, 0.1) is 6.92 Å². The molecule has 2 aromatic heterocycles. The Morgan fingerprint density at radius 2 is 1.66 bits per heavy atom. The molecular formula is C19H16F6N6O. The van der Waals surface area contributed by atoms with Crippen LogP contribution in [0.4, 0.5) is 32.2 Å². The van der Waals surface area contributed by atoms with Crippen LogP contribution in [0.5, 0.6) is 0 Å². The van der Waals surface area contributed by atoms with E-state index in [0.717, 1.165) is 16.6 Å². The Labute approximate surface area is 177 Å². The topological polar surface area (TPSA) is 87.9 Å². The van der Waals surface area contributed by atoms with Crippen molar-refractivity contribution < 1.29 is 31.4 Å². The summed E-state index contributed by atoms with van der Waals surface area (Å²) in [7, 11) is 0. The maximum atomic E-state index is 13.0. The zero-order valence-corrected chi connectivity index (χ0v) is 16.3. The number of aliphatic hydroxyl groups is 1. The van der Waals surface area contributed by atoms with Crippen LogP contribution in [0.25, 0.3) is 17.6 Å². The van der Waals surface area contributed by atoms with Gasteiger partial charge in [0, 0.05) is 18.0 Å². The standard InChI is InChI=1S/C19H16F6N6O/c1-11-2-3-15(26-9-11)28-29-16(32)4-5-31-10-27-17(30-31)12-6-13(18(20,21)22)8-14(7-12)19(23,24)25/h2-10,16,29,32H,1H3,(H,26,28)/b5-4-. The second-order valence-electron chi connectivity index (χ2n) is 6.62. The highest BCUT2D eigenvalue weighted by molar-refractivity contribution is 5.58. The van der Waals surface area contributed by atoms with Crippen molar-refractivity contribution in [2.45, 2.75) is 25.5 Å². The van der Waals surface area contributed by atoms with Crippen molar-refractivity contribution in [3.8, 4) is 11.4 Å². The van der Waals surface area contributed by atoms with Crippen LogP contribution in [-0.4, -0.2) is 31.1 Å². The second-order valence-corrected chi connectivity index (χ2v) is 6.62. The van der Waals surface area contributed by atoms with Gasteiger partial charge in [0.15, 0.2) is 5.82 Å². The lowest BCUT2D eigenvalue weighted by molar-refractivity contribution is -0.143. The van der Waals surface area contributed by atoms with Crippen LogP contribution in [0.15, 0.2) is 48.9 Å². The van der Waals surface area contributed by atoms with Crippen molar-refractivity contribution in [2.75, 3.05) is 5.43 Å². The van der Waals surface area contributed by atoms with Gasteiger partial charge < -0.3 is 10.5 Å². The molecule has 1 atom stereocenters. The van der Waals surface area contributed by atoms with Crippen LogP contribution in [0.3, 0.4) is 0 Å². The normalized spacial score (nSPS) is 13.5. The summed E-state index contributed by atoms with van der Waals surface area (Å²) in [6, 6.07) is 4.57. The Morgan fingerprint density at radius 1 is 1.00 bits per heavy atom. The number of rotatable bonds is 6. The van der Waals surface area contributed by atoms with E-state index in [1.807, 2.05) is 6.92 Å². The molecule has 0 saturated carbocycles. The van der Waals surface area contributed by atoms with E-state index in [4.69, 9.17) is 0 Å². The van der Waals surface area contributed by atoms with Gasteiger partial charge in [0.2, 0.25) is 0 Å². The van der Waals surface area contributed by atoms with E-state index in [0.29, 0.717) is 18.0 Å². The highest BCUT2D eigenvalue weighted by Crippen LogP contribution is 2.38. The van der Waals surface area contributed by atoms with Crippen LogP contribution in [-0.2, 0) is 12.4 Å². The lowest BCUT2D eigenvalue weighted by atomic mass is 10.0. The summed E-state index contributed by atoms with van der Waals surface area (Å²) in [5.41, 5.74) is 2.73. The van der Waals surface area contributed by atoms with Gasteiger partial charge in [0.05, 0.1) is 11.1 Å². The minimum Gasteiger partial charge on any atom is -0.373 e. The third-order valence-electron chi connectivity index (χ3n) is 4.03. The first-order valence-corrected chi connectivity index (χ1v) is 8.93. The average molecular weight is 458 g/mol. The fourth-order valence-electron chi connectivity index (χ4n) is 2.47. The minimum atomic E-state index is -4.98. The molecule has 32 heavy (non-hydrogen) atoms. The zero-order valence-electron chi connectivity index (χ0n) is 16.3. The Morgan fingerprint density at radius 3 is 2.22 bits per heavy atom. The molecular weight excluding hydrogens is 442 g/mol. The monoisotopic (exact) mass is 458 g/mol. The fraction of sp³-hybridized carbons (Fsp3) is 0.211. The number of aromatic nitrogens is 4. The van der Waals surface area contributed by atoms with E-state index < -0.39 is 35.3 Å². The van der Waals surface area contributed by atoms with Crippen molar-refractivity contribution in [3.63, 3.8) is 0 Å². The number of nitrogens with zero attached hydrogens (tertiary/aromatic N) is 4. The fourth-order valence-corrected chi connectivity index (χ4v) is 2.47. The molecule has 0 spiro atoms. The predicted molar refractivity (Wildman–Crippen MR) is 103 cm³/mol. The van der Waals surface area contributed by atoms with Crippen molar-refractivity contribution >= 4 is 12.0 Å². The van der Waals surface area contributed by atoms with E-state index in [-0.39, 0.29) is 11.9 Å². The highest BCUT2D eigenvalue weighted by atomic mass is 19.4. The number of alkyl halides is 6. The molecule has 7 nitrogen and oxygen atoms in total. The zero-order chi connectivity index (χ0) is 23.5. The molecule has 0 aliphatic rings. The lowest BCUT2D eigenvalue weighted by Gasteiger charge is -2.13. The van der Waals surface area contributed by atoms with E-state index >= 15 is 0 Å². The summed E-state index contributed by atoms with van der Waals surface area (Å²) < 4.78 is 79.1. The Kier molecular flexibility index (Phi) is 6.50. The molecule has 0 radical (unpaired) electrons. The highest BCUT2D eigenvalue weighted by Gasteiger charge is 2.37. The Bertz CT molecular complexity index is 1060. The number of aryl methyl sites for hydroxylation is 1. The Balaban J connectivity index is 1.74. The van der Waals surface area contributed by atoms with E-state index in [1.165, 1.54) is 12.3 Å². The number of nitrogens with one attached hydrogen (secondary N) is 2. The van der Waals surface area contributed by atoms with Crippen LogP contribution < -0.4 is 10.9 Å². The molecule has 0 amide bonds. The van der Waals surface area contributed by atoms with Gasteiger partial charge in [-0.1, -0.05) is 6.07 Å². The van der Waals surface area contributed by atoms with Gasteiger partial charge in [-0.15, -0.1) is 5.10 Å². The molecule has 0 bridgehead atoms. The molecule has 0 aliphatic heterocycles. The number of anilines is 1. The number of hydrogen-bond donors (Lipinski definition) is 3. The molecule has 13 heteroatoms. The predicted octanol–water partition coefficient (Wildman–Crippen LogP) is 4.09. The molecule has 0 saturated heterocycles. The van der Waals surface area contributed by atoms with Crippen LogP contribution in [0.2, 0.25) is 0 Å². The summed E-state index contributed by atoms with van der Waals surface area (Å²) in [4.78, 5) is 7.81. The molecule has 3 rings (SSSR count). The first kappa shape index (κ1) is 23.2. The van der Waals surface area contributed by atoms with Gasteiger partial charge in [-0.3, -0.25) is 0 Å². The van der Waals surface area contributed by atoms with E-state index in [9.17, 15) is 31.4 Å². The van der Waals surface area contributed by atoms with Crippen molar-refractivity contribution in [2.24, 2.45) is 0 Å². The third-order valence-corrected chi connectivity index (χ3v) is 4.03. The molecule has 3 N–H and O–H groups in total. The number of benzene rings is 1. The number of pyridine rings is 1. The smallest absolute Gasteiger partial charge is 0.373 e. The van der Waals surface area contributed by atoms with Gasteiger partial charge in [-0.2, -0.15) is 26.3 Å². The van der Waals surface area contributed by atoms with Gasteiger partial charge in [0.1, 0.15) is 18.4 Å². The largest absolute Gasteiger partial charge is 0.416 e. The van der Waals surface area contributed by atoms with Crippen molar-refractivity contribution in [1.29, 1.82) is 0 Å². The number of aliphatic hydroxyl groups excluding tert-OH is 1.